The van der Waals surface area contributed by atoms with Crippen molar-refractivity contribution in [2.45, 2.75) is 37.1 Å². The predicted octanol–water partition coefficient (Wildman–Crippen LogP) is 1.52. The van der Waals surface area contributed by atoms with Gasteiger partial charge in [0.05, 0.1) is 17.6 Å². The molecule has 0 aliphatic heterocycles. The molecule has 1 aliphatic rings. The van der Waals surface area contributed by atoms with Gasteiger partial charge in [-0.1, -0.05) is 6.92 Å². The molecule has 0 saturated heterocycles. The maximum Gasteiger partial charge on any atom is 0.339 e. The van der Waals surface area contributed by atoms with E-state index in [1.54, 1.807) is 0 Å². The molecule has 0 spiro atoms. The second-order valence-corrected chi connectivity index (χ2v) is 7.17. The number of anilines is 1. The number of methoxy groups -OCH3 is 1. The number of esters is 1. The molecule has 21 heavy (non-hydrogen) atoms. The molecule has 1 saturated carbocycles. The van der Waals surface area contributed by atoms with Crippen molar-refractivity contribution in [1.29, 1.82) is 0 Å². The number of sulfonamides is 1. The fourth-order valence-electron chi connectivity index (χ4n) is 2.64. The van der Waals surface area contributed by atoms with E-state index in [1.165, 1.54) is 25.3 Å². The van der Waals surface area contributed by atoms with Gasteiger partial charge in [0.2, 0.25) is 10.0 Å². The van der Waals surface area contributed by atoms with Gasteiger partial charge in [0, 0.05) is 11.7 Å². The molecular formula is C14H20N2O4S. The van der Waals surface area contributed by atoms with Crippen LogP contribution in [0.25, 0.3) is 0 Å². The fourth-order valence-corrected chi connectivity index (χ4v) is 4.15. The molecule has 0 radical (unpaired) electrons. The third-order valence-corrected chi connectivity index (χ3v) is 5.28. The topological polar surface area (TPSA) is 98.5 Å². The molecule has 116 valence electrons. The Labute approximate surface area is 124 Å². The van der Waals surface area contributed by atoms with Gasteiger partial charge < -0.3 is 10.5 Å². The van der Waals surface area contributed by atoms with Crippen LogP contribution in [0.1, 0.15) is 36.5 Å². The van der Waals surface area contributed by atoms with E-state index in [9.17, 15) is 13.2 Å². The highest BCUT2D eigenvalue weighted by molar-refractivity contribution is 7.89. The predicted molar refractivity (Wildman–Crippen MR) is 79.3 cm³/mol. The summed E-state index contributed by atoms with van der Waals surface area (Å²) in [5, 5.41) is 0. The van der Waals surface area contributed by atoms with Crippen LogP contribution in [0.4, 0.5) is 5.69 Å². The third-order valence-electron chi connectivity index (χ3n) is 3.72. The van der Waals surface area contributed by atoms with Crippen LogP contribution in [0, 0.1) is 5.92 Å². The number of hydrogen-bond acceptors (Lipinski definition) is 5. The molecule has 2 rings (SSSR count). The summed E-state index contributed by atoms with van der Waals surface area (Å²) < 4.78 is 32.3. The summed E-state index contributed by atoms with van der Waals surface area (Å²) in [6.45, 7) is 2.09. The molecule has 0 heterocycles. The van der Waals surface area contributed by atoms with Crippen LogP contribution in [0.15, 0.2) is 23.1 Å². The summed E-state index contributed by atoms with van der Waals surface area (Å²) in [4.78, 5) is 11.6. The number of rotatable bonds is 4. The lowest BCUT2D eigenvalue weighted by molar-refractivity contribution is 0.0596. The minimum atomic E-state index is -3.81. The summed E-state index contributed by atoms with van der Waals surface area (Å²) >= 11 is 0. The second-order valence-electron chi connectivity index (χ2n) is 5.48. The van der Waals surface area contributed by atoms with Crippen molar-refractivity contribution in [2.24, 2.45) is 5.92 Å². The van der Waals surface area contributed by atoms with Crippen LogP contribution in [-0.2, 0) is 14.8 Å². The number of ether oxygens (including phenoxy) is 1. The van der Waals surface area contributed by atoms with Crippen LogP contribution < -0.4 is 10.5 Å². The normalized spacial score (nSPS) is 22.2. The Kier molecular flexibility index (Phi) is 4.53. The third kappa shape index (κ3) is 3.54. The van der Waals surface area contributed by atoms with E-state index in [1.807, 2.05) is 0 Å². The Morgan fingerprint density at radius 1 is 1.38 bits per heavy atom. The monoisotopic (exact) mass is 312 g/mol. The van der Waals surface area contributed by atoms with Gasteiger partial charge in [-0.3, -0.25) is 0 Å². The maximum absolute atomic E-state index is 12.5. The van der Waals surface area contributed by atoms with Gasteiger partial charge in [-0.15, -0.1) is 0 Å². The summed E-state index contributed by atoms with van der Waals surface area (Å²) in [5.41, 5.74) is 5.92. The average molecular weight is 312 g/mol. The number of nitrogens with one attached hydrogen (secondary N) is 1. The molecule has 2 atom stereocenters. The SMILES string of the molecule is COC(=O)c1ccc(N)cc1S(=O)(=O)NC1CCC(C)C1. The van der Waals surface area contributed by atoms with Gasteiger partial charge in [-0.25, -0.2) is 17.9 Å². The van der Waals surface area contributed by atoms with E-state index >= 15 is 0 Å². The zero-order valence-electron chi connectivity index (χ0n) is 12.1. The molecule has 0 aromatic heterocycles. The van der Waals surface area contributed by atoms with E-state index in [-0.39, 0.29) is 22.2 Å². The first-order chi connectivity index (χ1) is 9.83. The van der Waals surface area contributed by atoms with Gasteiger partial charge in [-0.2, -0.15) is 0 Å². The first-order valence-corrected chi connectivity index (χ1v) is 8.32. The molecule has 1 aromatic carbocycles. The van der Waals surface area contributed by atoms with Gasteiger partial charge in [0.15, 0.2) is 0 Å². The van der Waals surface area contributed by atoms with Gasteiger partial charge in [0.25, 0.3) is 0 Å². The van der Waals surface area contributed by atoms with Crippen molar-refractivity contribution in [2.75, 3.05) is 12.8 Å². The maximum atomic E-state index is 12.5. The number of carbonyl (C=O) groups is 1. The highest BCUT2D eigenvalue weighted by atomic mass is 32.2. The van der Waals surface area contributed by atoms with Crippen molar-refractivity contribution >= 4 is 21.7 Å². The molecule has 0 amide bonds. The van der Waals surface area contributed by atoms with Crippen LogP contribution in [0.2, 0.25) is 0 Å². The van der Waals surface area contributed by atoms with Gasteiger partial charge in [0.1, 0.15) is 0 Å². The summed E-state index contributed by atoms with van der Waals surface area (Å²) in [6.07, 6.45) is 2.60. The Bertz CT molecular complexity index is 642. The molecule has 1 fully saturated rings. The second kappa shape index (κ2) is 6.03. The van der Waals surface area contributed by atoms with Crippen LogP contribution in [0.5, 0.6) is 0 Å². The van der Waals surface area contributed by atoms with E-state index in [0.29, 0.717) is 5.92 Å². The average Bonchev–Trinajstić information content (AvgIpc) is 2.82. The summed E-state index contributed by atoms with van der Waals surface area (Å²) in [5.74, 6) is -0.200. The zero-order chi connectivity index (χ0) is 15.6. The first-order valence-electron chi connectivity index (χ1n) is 6.83. The Morgan fingerprint density at radius 3 is 2.67 bits per heavy atom. The lowest BCUT2D eigenvalue weighted by Crippen LogP contribution is -2.34. The quantitative estimate of drug-likeness (QED) is 0.649. The van der Waals surface area contributed by atoms with Crippen molar-refractivity contribution in [3.05, 3.63) is 23.8 Å². The number of carbonyl (C=O) groups excluding carboxylic acids is 1. The Morgan fingerprint density at radius 2 is 2.10 bits per heavy atom. The highest BCUT2D eigenvalue weighted by Crippen LogP contribution is 2.27. The Hall–Kier alpha value is -1.60. The molecule has 3 N–H and O–H groups in total. The van der Waals surface area contributed by atoms with Gasteiger partial charge in [-0.05, 0) is 43.4 Å². The largest absolute Gasteiger partial charge is 0.465 e. The molecule has 0 bridgehead atoms. The molecule has 1 aliphatic carbocycles. The molecule has 1 aromatic rings. The lowest BCUT2D eigenvalue weighted by atomic mass is 10.1. The van der Waals surface area contributed by atoms with Crippen molar-refractivity contribution < 1.29 is 17.9 Å². The van der Waals surface area contributed by atoms with Crippen molar-refractivity contribution in [1.82, 2.24) is 4.72 Å². The Balaban J connectivity index is 2.34. The fraction of sp³-hybridized carbons (Fsp3) is 0.500. The van der Waals surface area contributed by atoms with E-state index in [4.69, 9.17) is 5.73 Å². The van der Waals surface area contributed by atoms with Crippen LogP contribution in [-0.4, -0.2) is 27.5 Å². The molecule has 6 nitrogen and oxygen atoms in total. The molecule has 2 unspecified atom stereocenters. The number of benzene rings is 1. The minimum Gasteiger partial charge on any atom is -0.465 e. The molecule has 7 heteroatoms. The van der Waals surface area contributed by atoms with E-state index in [2.05, 4.69) is 16.4 Å². The van der Waals surface area contributed by atoms with E-state index < -0.39 is 16.0 Å². The molecular weight excluding hydrogens is 292 g/mol. The number of nitrogen functional groups attached to an aromatic ring is 1. The van der Waals surface area contributed by atoms with E-state index in [0.717, 1.165) is 19.3 Å². The first kappa shape index (κ1) is 15.8. The summed E-state index contributed by atoms with van der Waals surface area (Å²) in [6, 6.07) is 4.03. The van der Waals surface area contributed by atoms with Crippen molar-refractivity contribution in [3.63, 3.8) is 0 Å². The minimum absolute atomic E-state index is 0.00903. The highest BCUT2D eigenvalue weighted by Gasteiger charge is 2.29. The van der Waals surface area contributed by atoms with Crippen LogP contribution >= 0.6 is 0 Å². The van der Waals surface area contributed by atoms with Crippen LogP contribution in [0.3, 0.4) is 0 Å². The van der Waals surface area contributed by atoms with Crippen molar-refractivity contribution in [3.8, 4) is 0 Å². The smallest absolute Gasteiger partial charge is 0.339 e. The van der Waals surface area contributed by atoms with Gasteiger partial charge >= 0.3 is 5.97 Å². The zero-order valence-corrected chi connectivity index (χ0v) is 12.9. The summed E-state index contributed by atoms with van der Waals surface area (Å²) in [7, 11) is -2.60. The number of hydrogen-bond donors (Lipinski definition) is 2. The lowest BCUT2D eigenvalue weighted by Gasteiger charge is -2.15. The standard InChI is InChI=1S/C14H20N2O4S/c1-9-3-5-11(7-9)16-21(18,19)13-8-10(15)4-6-12(13)14(17)20-2/h4,6,8-9,11,16H,3,5,7,15H2,1-2H3. The number of nitrogens with two attached hydrogens (primary N) is 1.